The Balaban J connectivity index is 1.54. The number of benzene rings is 1. The van der Waals surface area contributed by atoms with Crippen molar-refractivity contribution in [2.45, 2.75) is 40.3 Å². The van der Waals surface area contributed by atoms with Crippen LogP contribution in [0.25, 0.3) is 11.0 Å². The van der Waals surface area contributed by atoms with Gasteiger partial charge in [0.1, 0.15) is 5.76 Å². The van der Waals surface area contributed by atoms with Crippen LogP contribution in [0.4, 0.5) is 5.95 Å². The zero-order valence-electron chi connectivity index (χ0n) is 16.3. The molecule has 7 nitrogen and oxygen atoms in total. The third-order valence-electron chi connectivity index (χ3n) is 4.62. The minimum Gasteiger partial charge on any atom is -0.454 e. The molecule has 0 atom stereocenters. The molecule has 0 spiro atoms. The van der Waals surface area contributed by atoms with Crippen molar-refractivity contribution in [3.63, 3.8) is 0 Å². The standard InChI is InChI=1S/C21H23N5O2/c1-4-11-25-18-8-6-5-7-17(18)22-21(25)23-20(27)19-10-9-16(28-19)13-26-15(3)12-14(2)24-26/h5-10,12H,4,11,13H2,1-3H3,(H,22,23,27). The summed E-state index contributed by atoms with van der Waals surface area (Å²) in [6.45, 7) is 7.30. The Hall–Kier alpha value is -3.35. The van der Waals surface area contributed by atoms with E-state index in [0.717, 1.165) is 35.4 Å². The molecule has 1 aromatic carbocycles. The Labute approximate surface area is 163 Å². The average molecular weight is 377 g/mol. The SMILES string of the molecule is CCCn1c(NC(=O)c2ccc(Cn3nc(C)cc3C)o2)nc2ccccc21. The summed E-state index contributed by atoms with van der Waals surface area (Å²) in [5, 5.41) is 7.32. The lowest BCUT2D eigenvalue weighted by Gasteiger charge is -2.08. The molecule has 0 aliphatic rings. The second-order valence-electron chi connectivity index (χ2n) is 6.88. The van der Waals surface area contributed by atoms with Crippen LogP contribution < -0.4 is 5.32 Å². The molecule has 0 radical (unpaired) electrons. The first-order valence-electron chi connectivity index (χ1n) is 9.41. The lowest BCUT2D eigenvalue weighted by atomic mass is 10.3. The number of aromatic nitrogens is 4. The molecule has 0 bridgehead atoms. The van der Waals surface area contributed by atoms with E-state index in [2.05, 4.69) is 22.3 Å². The molecular weight excluding hydrogens is 354 g/mol. The molecule has 4 rings (SSSR count). The molecule has 3 aromatic heterocycles. The monoisotopic (exact) mass is 377 g/mol. The molecule has 0 unspecified atom stereocenters. The Morgan fingerprint density at radius 1 is 1.18 bits per heavy atom. The highest BCUT2D eigenvalue weighted by Gasteiger charge is 2.17. The minimum atomic E-state index is -0.313. The summed E-state index contributed by atoms with van der Waals surface area (Å²) >= 11 is 0. The van der Waals surface area contributed by atoms with Gasteiger partial charge in [0.2, 0.25) is 5.95 Å². The first kappa shape index (κ1) is 18.0. The average Bonchev–Trinajstić information content (AvgIpc) is 3.35. The Kier molecular flexibility index (Phi) is 4.73. The fourth-order valence-corrected chi connectivity index (χ4v) is 3.35. The quantitative estimate of drug-likeness (QED) is 0.547. The Bertz CT molecular complexity index is 1140. The highest BCUT2D eigenvalue weighted by atomic mass is 16.4. The highest BCUT2D eigenvalue weighted by Crippen LogP contribution is 2.21. The molecule has 0 saturated heterocycles. The molecule has 0 aliphatic carbocycles. The molecule has 7 heteroatoms. The van der Waals surface area contributed by atoms with E-state index in [0.29, 0.717) is 18.3 Å². The molecule has 1 amide bonds. The summed E-state index contributed by atoms with van der Waals surface area (Å²) in [7, 11) is 0. The number of hydrogen-bond acceptors (Lipinski definition) is 4. The van der Waals surface area contributed by atoms with Crippen molar-refractivity contribution in [2.24, 2.45) is 0 Å². The predicted octanol–water partition coefficient (Wildman–Crippen LogP) is 4.15. The van der Waals surface area contributed by atoms with Crippen molar-refractivity contribution in [1.29, 1.82) is 0 Å². The summed E-state index contributed by atoms with van der Waals surface area (Å²) in [6, 6.07) is 13.4. The van der Waals surface area contributed by atoms with E-state index in [1.54, 1.807) is 12.1 Å². The summed E-state index contributed by atoms with van der Waals surface area (Å²) in [6.07, 6.45) is 0.941. The number of nitrogens with one attached hydrogen (secondary N) is 1. The van der Waals surface area contributed by atoms with Crippen molar-refractivity contribution in [2.75, 3.05) is 5.32 Å². The smallest absolute Gasteiger partial charge is 0.293 e. The van der Waals surface area contributed by atoms with Crippen molar-refractivity contribution >= 4 is 22.9 Å². The predicted molar refractivity (Wildman–Crippen MR) is 107 cm³/mol. The van der Waals surface area contributed by atoms with Crippen molar-refractivity contribution in [3.05, 3.63) is 65.4 Å². The van der Waals surface area contributed by atoms with Crippen molar-refractivity contribution in [3.8, 4) is 0 Å². The van der Waals surface area contributed by atoms with Gasteiger partial charge in [0.25, 0.3) is 5.91 Å². The first-order chi connectivity index (χ1) is 13.5. The van der Waals surface area contributed by atoms with Crippen LogP contribution in [0, 0.1) is 13.8 Å². The van der Waals surface area contributed by atoms with E-state index in [1.165, 1.54) is 0 Å². The lowest BCUT2D eigenvalue weighted by molar-refractivity contribution is 0.0993. The Morgan fingerprint density at radius 3 is 2.75 bits per heavy atom. The topological polar surface area (TPSA) is 77.9 Å². The summed E-state index contributed by atoms with van der Waals surface area (Å²) < 4.78 is 9.63. The van der Waals surface area contributed by atoms with Gasteiger partial charge < -0.3 is 8.98 Å². The maximum absolute atomic E-state index is 12.7. The third kappa shape index (κ3) is 3.43. The molecule has 0 aliphatic heterocycles. The van der Waals surface area contributed by atoms with Gasteiger partial charge >= 0.3 is 0 Å². The van der Waals surface area contributed by atoms with Crippen LogP contribution in [0.1, 0.15) is 41.0 Å². The van der Waals surface area contributed by atoms with E-state index in [4.69, 9.17) is 4.42 Å². The summed E-state index contributed by atoms with van der Waals surface area (Å²) in [5.74, 6) is 1.15. The summed E-state index contributed by atoms with van der Waals surface area (Å²) in [4.78, 5) is 17.3. The van der Waals surface area contributed by atoms with Crippen LogP contribution in [0.5, 0.6) is 0 Å². The van der Waals surface area contributed by atoms with Gasteiger partial charge in [-0.2, -0.15) is 5.10 Å². The number of carbonyl (C=O) groups is 1. The normalized spacial score (nSPS) is 11.2. The molecule has 28 heavy (non-hydrogen) atoms. The van der Waals surface area contributed by atoms with Gasteiger partial charge in [0, 0.05) is 12.2 Å². The maximum atomic E-state index is 12.7. The number of imidazole rings is 1. The van der Waals surface area contributed by atoms with E-state index in [1.807, 2.05) is 53.4 Å². The van der Waals surface area contributed by atoms with Crippen LogP contribution >= 0.6 is 0 Å². The number of carbonyl (C=O) groups excluding carboxylic acids is 1. The summed E-state index contributed by atoms with van der Waals surface area (Å²) in [5.41, 5.74) is 3.87. The Morgan fingerprint density at radius 2 is 2.00 bits per heavy atom. The highest BCUT2D eigenvalue weighted by molar-refractivity contribution is 6.02. The maximum Gasteiger partial charge on any atom is 0.293 e. The second kappa shape index (κ2) is 7.34. The van der Waals surface area contributed by atoms with Gasteiger partial charge in [-0.25, -0.2) is 4.98 Å². The van der Waals surface area contributed by atoms with E-state index in [9.17, 15) is 4.79 Å². The number of rotatable bonds is 6. The number of aryl methyl sites for hydroxylation is 3. The molecule has 3 heterocycles. The minimum absolute atomic E-state index is 0.256. The second-order valence-corrected chi connectivity index (χ2v) is 6.88. The number of amides is 1. The van der Waals surface area contributed by atoms with E-state index < -0.39 is 0 Å². The van der Waals surface area contributed by atoms with E-state index in [-0.39, 0.29) is 11.7 Å². The van der Waals surface area contributed by atoms with Gasteiger partial charge in [0.15, 0.2) is 5.76 Å². The largest absolute Gasteiger partial charge is 0.454 e. The number of anilines is 1. The zero-order valence-corrected chi connectivity index (χ0v) is 16.3. The number of nitrogens with zero attached hydrogens (tertiary/aromatic N) is 4. The molecular formula is C21H23N5O2. The van der Waals surface area contributed by atoms with E-state index >= 15 is 0 Å². The van der Waals surface area contributed by atoms with Crippen LogP contribution in [0.2, 0.25) is 0 Å². The lowest BCUT2D eigenvalue weighted by Crippen LogP contribution is -2.15. The number of hydrogen-bond donors (Lipinski definition) is 1. The van der Waals surface area contributed by atoms with Crippen molar-refractivity contribution < 1.29 is 9.21 Å². The molecule has 1 N–H and O–H groups in total. The van der Waals surface area contributed by atoms with Gasteiger partial charge in [-0.05, 0) is 50.6 Å². The van der Waals surface area contributed by atoms with Crippen LogP contribution in [0.15, 0.2) is 46.9 Å². The molecule has 4 aromatic rings. The van der Waals surface area contributed by atoms with Crippen LogP contribution in [-0.4, -0.2) is 25.2 Å². The van der Waals surface area contributed by atoms with Crippen LogP contribution in [0.3, 0.4) is 0 Å². The number of para-hydroxylation sites is 2. The molecule has 144 valence electrons. The molecule has 0 fully saturated rings. The van der Waals surface area contributed by atoms with Gasteiger partial charge in [-0.15, -0.1) is 0 Å². The third-order valence-corrected chi connectivity index (χ3v) is 4.62. The number of furan rings is 1. The van der Waals surface area contributed by atoms with Crippen molar-refractivity contribution in [1.82, 2.24) is 19.3 Å². The van der Waals surface area contributed by atoms with Crippen LogP contribution in [-0.2, 0) is 13.1 Å². The first-order valence-corrected chi connectivity index (χ1v) is 9.41. The fourth-order valence-electron chi connectivity index (χ4n) is 3.35. The van der Waals surface area contributed by atoms with Gasteiger partial charge in [0.05, 0.1) is 23.3 Å². The zero-order chi connectivity index (χ0) is 19.7. The fraction of sp³-hybridized carbons (Fsp3) is 0.286. The molecule has 0 saturated carbocycles. The van der Waals surface area contributed by atoms with Gasteiger partial charge in [-0.1, -0.05) is 19.1 Å². The number of fused-ring (bicyclic) bond motifs is 1. The van der Waals surface area contributed by atoms with Gasteiger partial charge in [-0.3, -0.25) is 14.8 Å².